The molecule has 31 heavy (non-hydrogen) atoms. The van der Waals surface area contributed by atoms with Crippen molar-refractivity contribution >= 4 is 35.0 Å². The summed E-state index contributed by atoms with van der Waals surface area (Å²) < 4.78 is 0. The second kappa shape index (κ2) is 12.1. The van der Waals surface area contributed by atoms with Gasteiger partial charge in [0.2, 0.25) is 11.8 Å². The molecule has 4 nitrogen and oxygen atoms in total. The van der Waals surface area contributed by atoms with Crippen molar-refractivity contribution in [2.24, 2.45) is 0 Å². The van der Waals surface area contributed by atoms with Crippen molar-refractivity contribution < 1.29 is 9.59 Å². The highest BCUT2D eigenvalue weighted by atomic mass is 35.5. The number of nitrogens with one attached hydrogen (secondary N) is 1. The molecule has 0 bridgehead atoms. The van der Waals surface area contributed by atoms with Crippen LogP contribution in [-0.2, 0) is 29.0 Å². The number of hydrogen-bond acceptors (Lipinski definition) is 2. The Balaban J connectivity index is 2.23. The molecular formula is C25H32Cl2N2O2. The summed E-state index contributed by atoms with van der Waals surface area (Å²) >= 11 is 12.4. The molecule has 0 aliphatic rings. The lowest BCUT2D eigenvalue weighted by Crippen LogP contribution is -2.50. The van der Waals surface area contributed by atoms with Gasteiger partial charge in [-0.2, -0.15) is 0 Å². The lowest BCUT2D eigenvalue weighted by molar-refractivity contribution is -0.141. The number of carbonyl (C=O) groups is 2. The number of rotatable bonds is 10. The van der Waals surface area contributed by atoms with E-state index in [1.165, 1.54) is 5.56 Å². The van der Waals surface area contributed by atoms with Crippen LogP contribution in [-0.4, -0.2) is 28.8 Å². The Labute approximate surface area is 195 Å². The van der Waals surface area contributed by atoms with E-state index in [-0.39, 0.29) is 24.4 Å². The molecule has 0 aliphatic carbocycles. The first-order valence-corrected chi connectivity index (χ1v) is 11.6. The quantitative estimate of drug-likeness (QED) is 0.483. The summed E-state index contributed by atoms with van der Waals surface area (Å²) in [7, 11) is 0. The van der Waals surface area contributed by atoms with E-state index in [1.807, 2.05) is 26.8 Å². The van der Waals surface area contributed by atoms with Gasteiger partial charge in [0.05, 0.1) is 0 Å². The van der Waals surface area contributed by atoms with E-state index in [0.29, 0.717) is 29.3 Å². The lowest BCUT2D eigenvalue weighted by atomic mass is 10.0. The van der Waals surface area contributed by atoms with Gasteiger partial charge in [0.1, 0.15) is 6.04 Å². The molecule has 0 aliphatic heterocycles. The van der Waals surface area contributed by atoms with Gasteiger partial charge in [0, 0.05) is 29.1 Å². The Morgan fingerprint density at radius 1 is 1.00 bits per heavy atom. The number of carbonyl (C=O) groups excluding carboxylic acids is 2. The Hall–Kier alpha value is -2.04. The summed E-state index contributed by atoms with van der Waals surface area (Å²) in [5.74, 6) is -0.223. The molecule has 0 heterocycles. The third-order valence-electron chi connectivity index (χ3n) is 5.23. The largest absolute Gasteiger partial charge is 0.352 e. The molecule has 2 aromatic carbocycles. The normalized spacial score (nSPS) is 12.0. The first-order chi connectivity index (χ1) is 14.7. The summed E-state index contributed by atoms with van der Waals surface area (Å²) in [6.07, 6.45) is 2.44. The minimum Gasteiger partial charge on any atom is -0.352 e. The Bertz CT molecular complexity index is 882. The van der Waals surface area contributed by atoms with Crippen LogP contribution in [0.1, 0.15) is 57.2 Å². The fraction of sp³-hybridized carbons (Fsp3) is 0.440. The van der Waals surface area contributed by atoms with Crippen LogP contribution in [0.15, 0.2) is 42.5 Å². The molecule has 6 heteroatoms. The molecule has 1 N–H and O–H groups in total. The van der Waals surface area contributed by atoms with Gasteiger partial charge in [0.25, 0.3) is 0 Å². The fourth-order valence-corrected chi connectivity index (χ4v) is 3.94. The zero-order chi connectivity index (χ0) is 23.0. The van der Waals surface area contributed by atoms with Crippen molar-refractivity contribution in [3.63, 3.8) is 0 Å². The van der Waals surface area contributed by atoms with Gasteiger partial charge >= 0.3 is 0 Å². The van der Waals surface area contributed by atoms with Crippen LogP contribution in [0, 0.1) is 0 Å². The van der Waals surface area contributed by atoms with Gasteiger partial charge in [-0.15, -0.1) is 0 Å². The maximum atomic E-state index is 13.3. The molecule has 0 spiro atoms. The number of hydrogen-bond donors (Lipinski definition) is 1. The van der Waals surface area contributed by atoms with Crippen molar-refractivity contribution in [1.82, 2.24) is 10.2 Å². The summed E-state index contributed by atoms with van der Waals surface area (Å²) in [5, 5.41) is 3.96. The predicted molar refractivity (Wildman–Crippen MR) is 129 cm³/mol. The topological polar surface area (TPSA) is 49.4 Å². The van der Waals surface area contributed by atoms with Crippen LogP contribution in [0.25, 0.3) is 0 Å². The SMILES string of the molecule is CCc1ccc(CCC(=O)N(Cc2ccc(Cl)cc2Cl)C(CC)C(=O)NC(C)C)cc1. The number of benzene rings is 2. The zero-order valence-corrected chi connectivity index (χ0v) is 20.3. The highest BCUT2D eigenvalue weighted by Crippen LogP contribution is 2.24. The maximum absolute atomic E-state index is 13.3. The van der Waals surface area contributed by atoms with Gasteiger partial charge in [0.15, 0.2) is 0 Å². The van der Waals surface area contributed by atoms with Crippen molar-refractivity contribution in [3.05, 3.63) is 69.2 Å². The number of aryl methyl sites for hydroxylation is 2. The first-order valence-electron chi connectivity index (χ1n) is 10.9. The average molecular weight is 463 g/mol. The van der Waals surface area contributed by atoms with Gasteiger partial charge < -0.3 is 10.2 Å². The second-order valence-corrected chi connectivity index (χ2v) is 8.86. The average Bonchev–Trinajstić information content (AvgIpc) is 2.73. The molecule has 0 saturated heterocycles. The zero-order valence-electron chi connectivity index (χ0n) is 18.8. The maximum Gasteiger partial charge on any atom is 0.243 e. The van der Waals surface area contributed by atoms with Gasteiger partial charge in [-0.05, 0) is 61.9 Å². The van der Waals surface area contributed by atoms with Gasteiger partial charge in [-0.3, -0.25) is 9.59 Å². The number of nitrogens with zero attached hydrogens (tertiary/aromatic N) is 1. The van der Waals surface area contributed by atoms with E-state index in [9.17, 15) is 9.59 Å². The molecule has 1 atom stereocenters. The van der Waals surface area contributed by atoms with E-state index in [1.54, 1.807) is 17.0 Å². The summed E-state index contributed by atoms with van der Waals surface area (Å²) in [6, 6.07) is 13.0. The van der Waals surface area contributed by atoms with E-state index in [2.05, 4.69) is 36.5 Å². The molecule has 2 amide bonds. The van der Waals surface area contributed by atoms with E-state index in [4.69, 9.17) is 23.2 Å². The van der Waals surface area contributed by atoms with Crippen LogP contribution in [0.4, 0.5) is 0 Å². The third-order valence-corrected chi connectivity index (χ3v) is 5.82. The molecule has 0 saturated carbocycles. The summed E-state index contributed by atoms with van der Waals surface area (Å²) in [4.78, 5) is 27.8. The van der Waals surface area contributed by atoms with Crippen molar-refractivity contribution in [1.29, 1.82) is 0 Å². The molecule has 168 valence electrons. The van der Waals surface area contributed by atoms with Crippen molar-refractivity contribution in [2.75, 3.05) is 0 Å². The van der Waals surface area contributed by atoms with E-state index in [0.717, 1.165) is 17.5 Å². The van der Waals surface area contributed by atoms with Crippen LogP contribution in [0.5, 0.6) is 0 Å². The summed E-state index contributed by atoms with van der Waals surface area (Å²) in [6.45, 7) is 8.11. The Morgan fingerprint density at radius 2 is 1.65 bits per heavy atom. The fourth-order valence-electron chi connectivity index (χ4n) is 3.47. The highest BCUT2D eigenvalue weighted by molar-refractivity contribution is 6.35. The molecule has 0 aromatic heterocycles. The highest BCUT2D eigenvalue weighted by Gasteiger charge is 2.29. The lowest BCUT2D eigenvalue weighted by Gasteiger charge is -2.31. The smallest absolute Gasteiger partial charge is 0.243 e. The monoisotopic (exact) mass is 462 g/mol. The first kappa shape index (κ1) is 25.2. The number of halogens is 2. The number of amides is 2. The molecule has 0 fully saturated rings. The standard InChI is InChI=1S/C25H32Cl2N2O2/c1-5-18-7-9-19(10-8-18)11-14-24(30)29(23(6-2)25(31)28-17(3)4)16-20-12-13-21(26)15-22(20)27/h7-10,12-13,15,17,23H,5-6,11,14,16H2,1-4H3,(H,28,31). The van der Waals surface area contributed by atoms with Crippen LogP contribution in [0.2, 0.25) is 10.0 Å². The molecule has 2 aromatic rings. The van der Waals surface area contributed by atoms with E-state index >= 15 is 0 Å². The van der Waals surface area contributed by atoms with E-state index < -0.39 is 6.04 Å². The minimum atomic E-state index is -0.566. The van der Waals surface area contributed by atoms with Crippen LogP contribution >= 0.6 is 23.2 Å². The minimum absolute atomic E-state index is 0.00491. The summed E-state index contributed by atoms with van der Waals surface area (Å²) in [5.41, 5.74) is 3.14. The molecular weight excluding hydrogens is 431 g/mol. The second-order valence-electron chi connectivity index (χ2n) is 8.01. The van der Waals surface area contributed by atoms with Crippen molar-refractivity contribution in [3.8, 4) is 0 Å². The van der Waals surface area contributed by atoms with Crippen LogP contribution < -0.4 is 5.32 Å². The molecule has 1 unspecified atom stereocenters. The molecule has 2 rings (SSSR count). The van der Waals surface area contributed by atoms with Crippen LogP contribution in [0.3, 0.4) is 0 Å². The predicted octanol–water partition coefficient (Wildman–Crippen LogP) is 5.82. The molecule has 0 radical (unpaired) electrons. The third kappa shape index (κ3) is 7.55. The Morgan fingerprint density at radius 3 is 2.19 bits per heavy atom. The Kier molecular flexibility index (Phi) is 9.86. The van der Waals surface area contributed by atoms with Gasteiger partial charge in [-0.1, -0.05) is 67.4 Å². The van der Waals surface area contributed by atoms with Gasteiger partial charge in [-0.25, -0.2) is 0 Å². The van der Waals surface area contributed by atoms with Crippen molar-refractivity contribution in [2.45, 2.75) is 72.0 Å².